The summed E-state index contributed by atoms with van der Waals surface area (Å²) < 4.78 is 0. The predicted molar refractivity (Wildman–Crippen MR) is 133 cm³/mol. The van der Waals surface area contributed by atoms with E-state index in [2.05, 4.69) is 121 Å². The minimum atomic E-state index is 0.216. The molecular formula is C30H26N2. The smallest absolute Gasteiger partial charge is 0.0727 e. The van der Waals surface area contributed by atoms with Crippen molar-refractivity contribution in [3.8, 4) is 22.4 Å². The minimum absolute atomic E-state index is 0.216. The van der Waals surface area contributed by atoms with E-state index in [0.29, 0.717) is 0 Å². The number of pyridine rings is 1. The van der Waals surface area contributed by atoms with Crippen LogP contribution in [0.1, 0.15) is 22.7 Å². The Bertz CT molecular complexity index is 1260. The second kappa shape index (κ2) is 9.07. The highest BCUT2D eigenvalue weighted by molar-refractivity contribution is 5.74. The van der Waals surface area contributed by atoms with Crippen molar-refractivity contribution < 1.29 is 0 Å². The van der Waals surface area contributed by atoms with E-state index in [1.807, 2.05) is 12.3 Å². The van der Waals surface area contributed by atoms with Gasteiger partial charge in [0.2, 0.25) is 0 Å². The van der Waals surface area contributed by atoms with Crippen LogP contribution in [0, 0.1) is 6.92 Å². The first-order valence-corrected chi connectivity index (χ1v) is 11.0. The van der Waals surface area contributed by atoms with E-state index in [9.17, 15) is 0 Å². The Balaban J connectivity index is 1.55. The van der Waals surface area contributed by atoms with Crippen LogP contribution in [0.2, 0.25) is 0 Å². The molecule has 32 heavy (non-hydrogen) atoms. The average molecular weight is 415 g/mol. The number of aromatic nitrogens is 1. The molecule has 0 bridgehead atoms. The maximum Gasteiger partial charge on any atom is 0.0727 e. The van der Waals surface area contributed by atoms with Crippen molar-refractivity contribution in [2.24, 2.45) is 0 Å². The van der Waals surface area contributed by atoms with Crippen molar-refractivity contribution in [1.29, 1.82) is 0 Å². The molecule has 2 heteroatoms. The molecule has 0 amide bonds. The van der Waals surface area contributed by atoms with Gasteiger partial charge in [0.1, 0.15) is 0 Å². The lowest BCUT2D eigenvalue weighted by Gasteiger charge is -2.31. The van der Waals surface area contributed by atoms with Crippen LogP contribution in [-0.2, 0) is 6.54 Å². The van der Waals surface area contributed by atoms with Crippen LogP contribution in [0.5, 0.6) is 0 Å². The fraction of sp³-hybridized carbons (Fsp3) is 0.100. The third kappa shape index (κ3) is 4.26. The average Bonchev–Trinajstić information content (AvgIpc) is 2.86. The van der Waals surface area contributed by atoms with Gasteiger partial charge in [-0.2, -0.15) is 0 Å². The van der Waals surface area contributed by atoms with Gasteiger partial charge in [0.15, 0.2) is 0 Å². The molecule has 2 nitrogen and oxygen atoms in total. The SMILES string of the molecule is Cc1ccnc(-c2cc(-c3ccccc3)ccc2CN2C=CC=CC2c2ccccc2)c1. The van der Waals surface area contributed by atoms with Crippen LogP contribution in [0.25, 0.3) is 22.4 Å². The van der Waals surface area contributed by atoms with Crippen LogP contribution in [0.15, 0.2) is 122 Å². The van der Waals surface area contributed by atoms with Crippen molar-refractivity contribution in [3.05, 3.63) is 138 Å². The summed E-state index contributed by atoms with van der Waals surface area (Å²) in [6.45, 7) is 2.93. The summed E-state index contributed by atoms with van der Waals surface area (Å²) >= 11 is 0. The maximum atomic E-state index is 4.73. The summed E-state index contributed by atoms with van der Waals surface area (Å²) in [5.41, 5.74) is 8.41. The van der Waals surface area contributed by atoms with Crippen molar-refractivity contribution in [3.63, 3.8) is 0 Å². The lowest BCUT2D eigenvalue weighted by molar-refractivity contribution is 0.313. The van der Waals surface area contributed by atoms with E-state index in [-0.39, 0.29) is 6.04 Å². The van der Waals surface area contributed by atoms with Gasteiger partial charge in [-0.3, -0.25) is 4.98 Å². The first-order valence-electron chi connectivity index (χ1n) is 11.0. The summed E-state index contributed by atoms with van der Waals surface area (Å²) in [5, 5.41) is 0. The molecule has 4 aromatic rings. The van der Waals surface area contributed by atoms with E-state index in [4.69, 9.17) is 4.98 Å². The van der Waals surface area contributed by atoms with Gasteiger partial charge >= 0.3 is 0 Å². The molecule has 0 N–H and O–H groups in total. The van der Waals surface area contributed by atoms with Crippen LogP contribution in [0.3, 0.4) is 0 Å². The summed E-state index contributed by atoms with van der Waals surface area (Å²) in [5.74, 6) is 0. The molecule has 156 valence electrons. The van der Waals surface area contributed by atoms with Crippen molar-refractivity contribution in [2.75, 3.05) is 0 Å². The Labute approximate surface area is 190 Å². The van der Waals surface area contributed by atoms with Gasteiger partial charge in [0.25, 0.3) is 0 Å². The van der Waals surface area contributed by atoms with Crippen molar-refractivity contribution in [1.82, 2.24) is 9.88 Å². The Hall–Kier alpha value is -3.91. The number of benzene rings is 3. The Morgan fingerprint density at radius 1 is 0.781 bits per heavy atom. The molecule has 0 fully saturated rings. The lowest BCUT2D eigenvalue weighted by Crippen LogP contribution is -2.23. The van der Waals surface area contributed by atoms with Gasteiger partial charge in [-0.1, -0.05) is 84.9 Å². The maximum absolute atomic E-state index is 4.73. The molecule has 1 unspecified atom stereocenters. The topological polar surface area (TPSA) is 16.1 Å². The number of nitrogens with zero attached hydrogens (tertiary/aromatic N) is 2. The van der Waals surface area contributed by atoms with Gasteiger partial charge < -0.3 is 4.90 Å². The third-order valence-electron chi connectivity index (χ3n) is 5.94. The van der Waals surface area contributed by atoms with Crippen molar-refractivity contribution >= 4 is 0 Å². The number of allylic oxidation sites excluding steroid dienone is 2. The molecule has 0 aliphatic carbocycles. The van der Waals surface area contributed by atoms with Crippen LogP contribution < -0.4 is 0 Å². The molecule has 3 aromatic carbocycles. The van der Waals surface area contributed by atoms with Gasteiger partial charge in [-0.05, 0) is 59.0 Å². The highest BCUT2D eigenvalue weighted by Crippen LogP contribution is 2.33. The van der Waals surface area contributed by atoms with Gasteiger partial charge in [0.05, 0.1) is 11.7 Å². The summed E-state index contributed by atoms with van der Waals surface area (Å²) in [6.07, 6.45) is 10.6. The lowest BCUT2D eigenvalue weighted by atomic mass is 9.95. The normalized spacial score (nSPS) is 15.2. The van der Waals surface area contributed by atoms with Crippen LogP contribution in [0.4, 0.5) is 0 Å². The largest absolute Gasteiger partial charge is 0.363 e. The summed E-state index contributed by atoms with van der Waals surface area (Å²) in [7, 11) is 0. The van der Waals surface area contributed by atoms with E-state index in [0.717, 1.165) is 12.2 Å². The second-order valence-corrected chi connectivity index (χ2v) is 8.21. The van der Waals surface area contributed by atoms with Crippen LogP contribution >= 0.6 is 0 Å². The molecule has 0 spiro atoms. The zero-order valence-electron chi connectivity index (χ0n) is 18.2. The number of rotatable bonds is 5. The first-order chi connectivity index (χ1) is 15.8. The molecule has 0 radical (unpaired) electrons. The van der Waals surface area contributed by atoms with E-state index in [1.54, 1.807) is 0 Å². The zero-order chi connectivity index (χ0) is 21.8. The quantitative estimate of drug-likeness (QED) is 0.339. The van der Waals surface area contributed by atoms with Gasteiger partial charge in [-0.25, -0.2) is 0 Å². The Morgan fingerprint density at radius 3 is 2.34 bits per heavy atom. The molecule has 5 rings (SSSR count). The monoisotopic (exact) mass is 414 g/mol. The van der Waals surface area contributed by atoms with Crippen molar-refractivity contribution in [2.45, 2.75) is 19.5 Å². The molecule has 1 aliphatic rings. The molecule has 2 heterocycles. The predicted octanol–water partition coefficient (Wildman–Crippen LogP) is 7.35. The zero-order valence-corrected chi connectivity index (χ0v) is 18.2. The highest BCUT2D eigenvalue weighted by atomic mass is 15.1. The minimum Gasteiger partial charge on any atom is -0.363 e. The number of hydrogen-bond acceptors (Lipinski definition) is 2. The molecule has 1 aliphatic heterocycles. The number of hydrogen-bond donors (Lipinski definition) is 0. The summed E-state index contributed by atoms with van der Waals surface area (Å²) in [6, 6.07) is 32.4. The van der Waals surface area contributed by atoms with E-state index in [1.165, 1.54) is 33.4 Å². The van der Waals surface area contributed by atoms with E-state index < -0.39 is 0 Å². The molecule has 0 saturated carbocycles. The van der Waals surface area contributed by atoms with Gasteiger partial charge in [0, 0.05) is 24.5 Å². The standard InChI is InChI=1S/C30H26N2/c1-23-17-18-31-29(20-23)28-21-26(24-10-4-2-5-11-24)15-16-27(28)22-32-19-9-8-14-30(32)25-12-6-3-7-13-25/h2-21,30H,22H2,1H3. The molecular weight excluding hydrogens is 388 g/mol. The Kier molecular flexibility index (Phi) is 5.67. The fourth-order valence-electron chi connectivity index (χ4n) is 4.28. The fourth-order valence-corrected chi connectivity index (χ4v) is 4.28. The third-order valence-corrected chi connectivity index (χ3v) is 5.94. The molecule has 0 saturated heterocycles. The number of aryl methyl sites for hydroxylation is 1. The molecule has 1 aromatic heterocycles. The van der Waals surface area contributed by atoms with Gasteiger partial charge in [-0.15, -0.1) is 0 Å². The van der Waals surface area contributed by atoms with E-state index >= 15 is 0 Å². The Morgan fingerprint density at radius 2 is 1.56 bits per heavy atom. The highest BCUT2D eigenvalue weighted by Gasteiger charge is 2.19. The van der Waals surface area contributed by atoms with Crippen LogP contribution in [-0.4, -0.2) is 9.88 Å². The first kappa shape index (κ1) is 20.0. The molecule has 1 atom stereocenters. The second-order valence-electron chi connectivity index (χ2n) is 8.21. The summed E-state index contributed by atoms with van der Waals surface area (Å²) in [4.78, 5) is 7.12.